The molecule has 0 saturated heterocycles. The van der Waals surface area contributed by atoms with Crippen LogP contribution < -0.4 is 5.32 Å². The van der Waals surface area contributed by atoms with Crippen molar-refractivity contribution in [2.75, 3.05) is 0 Å². The zero-order chi connectivity index (χ0) is 19.3. The highest BCUT2D eigenvalue weighted by molar-refractivity contribution is 6.42. The lowest BCUT2D eigenvalue weighted by Gasteiger charge is -2.18. The van der Waals surface area contributed by atoms with Gasteiger partial charge in [-0.1, -0.05) is 58.6 Å². The van der Waals surface area contributed by atoms with Crippen LogP contribution in [-0.2, 0) is 22.4 Å². The van der Waals surface area contributed by atoms with Gasteiger partial charge in [0.2, 0.25) is 5.91 Å². The van der Waals surface area contributed by atoms with E-state index in [1.807, 2.05) is 32.0 Å². The minimum Gasteiger partial charge on any atom is -0.481 e. The van der Waals surface area contributed by atoms with E-state index < -0.39 is 12.0 Å². The van der Waals surface area contributed by atoms with Gasteiger partial charge in [0, 0.05) is 6.04 Å². The number of carbonyl (C=O) groups excluding carboxylic acids is 1. The maximum atomic E-state index is 12.4. The molecular formula is C20H21Cl2NO3. The van der Waals surface area contributed by atoms with Crippen molar-refractivity contribution >= 4 is 35.1 Å². The van der Waals surface area contributed by atoms with E-state index in [-0.39, 0.29) is 18.7 Å². The lowest BCUT2D eigenvalue weighted by Crippen LogP contribution is -2.39. The van der Waals surface area contributed by atoms with Crippen molar-refractivity contribution in [1.29, 1.82) is 0 Å². The first-order valence-corrected chi connectivity index (χ1v) is 9.01. The zero-order valence-corrected chi connectivity index (χ0v) is 16.2. The maximum absolute atomic E-state index is 12.4. The Bertz CT molecular complexity index is 800. The maximum Gasteiger partial charge on any atom is 0.305 e. The predicted octanol–water partition coefficient (Wildman–Crippen LogP) is 4.35. The van der Waals surface area contributed by atoms with E-state index in [2.05, 4.69) is 5.32 Å². The third-order valence-corrected chi connectivity index (χ3v) is 4.64. The molecule has 0 aliphatic rings. The molecule has 0 aliphatic heterocycles. The Labute approximate surface area is 163 Å². The lowest BCUT2D eigenvalue weighted by molar-refractivity contribution is -0.137. The fourth-order valence-electron chi connectivity index (χ4n) is 2.97. The highest BCUT2D eigenvalue weighted by Gasteiger charge is 2.17. The van der Waals surface area contributed by atoms with Gasteiger partial charge in [-0.15, -0.1) is 0 Å². The number of aliphatic carboxylic acids is 1. The van der Waals surface area contributed by atoms with Crippen LogP contribution in [0, 0.1) is 13.8 Å². The van der Waals surface area contributed by atoms with Gasteiger partial charge in [0.1, 0.15) is 0 Å². The minimum absolute atomic E-state index is 0.168. The van der Waals surface area contributed by atoms with E-state index >= 15 is 0 Å². The summed E-state index contributed by atoms with van der Waals surface area (Å²) in [5, 5.41) is 12.8. The van der Waals surface area contributed by atoms with Crippen molar-refractivity contribution in [3.05, 3.63) is 68.7 Å². The van der Waals surface area contributed by atoms with Crippen LogP contribution in [0.5, 0.6) is 0 Å². The normalized spacial score (nSPS) is 11.8. The van der Waals surface area contributed by atoms with Crippen LogP contribution in [0.4, 0.5) is 0 Å². The summed E-state index contributed by atoms with van der Waals surface area (Å²) in [5.41, 5.74) is 3.90. The van der Waals surface area contributed by atoms with E-state index in [4.69, 9.17) is 28.3 Å². The van der Waals surface area contributed by atoms with Gasteiger partial charge in [-0.05, 0) is 43.5 Å². The molecule has 0 fully saturated rings. The molecule has 0 bridgehead atoms. The van der Waals surface area contributed by atoms with E-state index in [1.54, 1.807) is 18.2 Å². The second-order valence-electron chi connectivity index (χ2n) is 6.49. The van der Waals surface area contributed by atoms with Crippen LogP contribution in [0.1, 0.15) is 28.7 Å². The summed E-state index contributed by atoms with van der Waals surface area (Å²) in [4.78, 5) is 23.5. The Hall–Kier alpha value is -2.04. The third kappa shape index (κ3) is 6.36. The van der Waals surface area contributed by atoms with Gasteiger partial charge in [-0.3, -0.25) is 9.59 Å². The second-order valence-corrected chi connectivity index (χ2v) is 7.30. The smallest absolute Gasteiger partial charge is 0.305 e. The average molecular weight is 394 g/mol. The van der Waals surface area contributed by atoms with Crippen molar-refractivity contribution in [1.82, 2.24) is 5.32 Å². The molecule has 26 heavy (non-hydrogen) atoms. The average Bonchev–Trinajstić information content (AvgIpc) is 2.49. The molecule has 2 rings (SSSR count). The summed E-state index contributed by atoms with van der Waals surface area (Å²) in [6.07, 6.45) is 0.403. The molecular weight excluding hydrogens is 373 g/mol. The summed E-state index contributed by atoms with van der Waals surface area (Å²) >= 11 is 11.9. The first-order valence-electron chi connectivity index (χ1n) is 8.25. The topological polar surface area (TPSA) is 66.4 Å². The van der Waals surface area contributed by atoms with Gasteiger partial charge >= 0.3 is 5.97 Å². The van der Waals surface area contributed by atoms with Crippen molar-refractivity contribution in [2.45, 2.75) is 39.2 Å². The van der Waals surface area contributed by atoms with Crippen LogP contribution >= 0.6 is 23.2 Å². The molecule has 6 heteroatoms. The monoisotopic (exact) mass is 393 g/mol. The first-order chi connectivity index (χ1) is 12.2. The van der Waals surface area contributed by atoms with Gasteiger partial charge in [-0.25, -0.2) is 0 Å². The molecule has 138 valence electrons. The Morgan fingerprint density at radius 2 is 1.65 bits per heavy atom. The molecule has 2 aromatic carbocycles. The van der Waals surface area contributed by atoms with E-state index in [1.165, 1.54) is 0 Å². The number of hydrogen-bond donors (Lipinski definition) is 2. The molecule has 0 radical (unpaired) electrons. The molecule has 0 aromatic heterocycles. The Balaban J connectivity index is 2.07. The summed E-state index contributed by atoms with van der Waals surface area (Å²) in [6, 6.07) is 10.6. The molecule has 0 spiro atoms. The largest absolute Gasteiger partial charge is 0.481 e. The number of hydrogen-bond acceptors (Lipinski definition) is 2. The van der Waals surface area contributed by atoms with Gasteiger partial charge in [0.25, 0.3) is 0 Å². The molecule has 0 aliphatic carbocycles. The highest BCUT2D eigenvalue weighted by Crippen LogP contribution is 2.23. The predicted molar refractivity (Wildman–Crippen MR) is 104 cm³/mol. The number of aryl methyl sites for hydroxylation is 2. The number of benzene rings is 2. The second kappa shape index (κ2) is 9.06. The van der Waals surface area contributed by atoms with Crippen LogP contribution in [-0.4, -0.2) is 23.0 Å². The van der Waals surface area contributed by atoms with Crippen LogP contribution in [0.15, 0.2) is 36.4 Å². The molecule has 2 N–H and O–H groups in total. The minimum atomic E-state index is -0.971. The Morgan fingerprint density at radius 1 is 1.00 bits per heavy atom. The summed E-state index contributed by atoms with van der Waals surface area (Å²) in [5.74, 6) is -1.18. The number of carbonyl (C=O) groups is 2. The summed E-state index contributed by atoms with van der Waals surface area (Å²) in [7, 11) is 0. The van der Waals surface area contributed by atoms with Crippen LogP contribution in [0.25, 0.3) is 0 Å². The number of nitrogens with one attached hydrogen (secondary N) is 1. The first kappa shape index (κ1) is 20.3. The summed E-state index contributed by atoms with van der Waals surface area (Å²) < 4.78 is 0. The van der Waals surface area contributed by atoms with Gasteiger partial charge in [-0.2, -0.15) is 0 Å². The summed E-state index contributed by atoms with van der Waals surface area (Å²) in [6.45, 7) is 3.96. The number of halogens is 2. The molecule has 2 aromatic rings. The van der Waals surface area contributed by atoms with Gasteiger partial charge < -0.3 is 10.4 Å². The lowest BCUT2D eigenvalue weighted by atomic mass is 10.0. The van der Waals surface area contributed by atoms with Crippen LogP contribution in [0.3, 0.4) is 0 Å². The number of rotatable bonds is 7. The third-order valence-electron chi connectivity index (χ3n) is 3.90. The fraction of sp³-hybridized carbons (Fsp3) is 0.300. The van der Waals surface area contributed by atoms with Crippen LogP contribution in [0.2, 0.25) is 10.0 Å². The van der Waals surface area contributed by atoms with Crippen molar-refractivity contribution in [3.63, 3.8) is 0 Å². The molecule has 1 atom stereocenters. The molecule has 0 saturated carbocycles. The zero-order valence-electron chi connectivity index (χ0n) is 14.7. The molecule has 1 amide bonds. The van der Waals surface area contributed by atoms with E-state index in [9.17, 15) is 9.59 Å². The van der Waals surface area contributed by atoms with E-state index in [0.29, 0.717) is 16.5 Å². The Kier molecular flexibility index (Phi) is 7.06. The van der Waals surface area contributed by atoms with E-state index in [0.717, 1.165) is 22.3 Å². The standard InChI is InChI=1S/C20H21Cl2NO3/c1-12-5-13(2)7-15(6-12)10-19(24)23-16(11-20(25)26)8-14-3-4-17(21)18(22)9-14/h3-7,9,16H,8,10-11H2,1-2H3,(H,23,24)(H,25,26)/t16-/m0/s1. The number of carboxylic acid groups (broad SMARTS) is 1. The quantitative estimate of drug-likeness (QED) is 0.734. The SMILES string of the molecule is Cc1cc(C)cc(CC(=O)N[C@H](CC(=O)O)Cc2ccc(Cl)c(Cl)c2)c1. The molecule has 0 heterocycles. The Morgan fingerprint density at radius 3 is 2.23 bits per heavy atom. The molecule has 4 nitrogen and oxygen atoms in total. The van der Waals surface area contributed by atoms with Crippen molar-refractivity contribution in [3.8, 4) is 0 Å². The van der Waals surface area contributed by atoms with Crippen molar-refractivity contribution < 1.29 is 14.7 Å². The van der Waals surface area contributed by atoms with Crippen molar-refractivity contribution in [2.24, 2.45) is 0 Å². The van der Waals surface area contributed by atoms with Gasteiger partial charge in [0.15, 0.2) is 0 Å². The molecule has 0 unspecified atom stereocenters. The van der Waals surface area contributed by atoms with Gasteiger partial charge in [0.05, 0.1) is 22.9 Å². The number of carboxylic acids is 1. The number of amides is 1. The highest BCUT2D eigenvalue weighted by atomic mass is 35.5. The fourth-order valence-corrected chi connectivity index (χ4v) is 3.29.